The number of hydrogen-bond acceptors (Lipinski definition) is 2. The monoisotopic (exact) mass is 253 g/mol. The third kappa shape index (κ3) is 2.93. The van der Waals surface area contributed by atoms with Crippen molar-refractivity contribution in [2.75, 3.05) is 6.54 Å². The summed E-state index contributed by atoms with van der Waals surface area (Å²) in [7, 11) is 0. The Hall–Kier alpha value is -0.730. The number of phenolic OH excluding ortho intramolecular Hbond substituents is 1. The number of halogens is 1. The maximum Gasteiger partial charge on any atom is 0.134 e. The fourth-order valence-corrected chi connectivity index (χ4v) is 2.73. The molecule has 1 saturated heterocycles. The smallest absolute Gasteiger partial charge is 0.134 e. The number of benzene rings is 1. The molecule has 2 atom stereocenters. The van der Waals surface area contributed by atoms with E-state index in [1.807, 2.05) is 12.1 Å². The van der Waals surface area contributed by atoms with Crippen LogP contribution in [0.4, 0.5) is 0 Å². The Balaban J connectivity index is 2.07. The summed E-state index contributed by atoms with van der Waals surface area (Å²) in [6, 6.07) is 6.11. The van der Waals surface area contributed by atoms with Crippen LogP contribution in [0, 0.1) is 5.92 Å². The van der Waals surface area contributed by atoms with Gasteiger partial charge in [0.25, 0.3) is 0 Å². The van der Waals surface area contributed by atoms with Crippen molar-refractivity contribution in [3.8, 4) is 5.75 Å². The predicted octanol–water partition coefficient (Wildman–Crippen LogP) is 3.67. The van der Waals surface area contributed by atoms with E-state index >= 15 is 0 Å². The van der Waals surface area contributed by atoms with Crippen molar-refractivity contribution < 1.29 is 5.11 Å². The molecule has 1 aromatic carbocycles. The van der Waals surface area contributed by atoms with Gasteiger partial charge in [0.1, 0.15) is 5.75 Å². The van der Waals surface area contributed by atoms with Crippen LogP contribution < -0.4 is 0 Å². The first-order valence-corrected chi connectivity index (χ1v) is 6.67. The van der Waals surface area contributed by atoms with E-state index in [0.29, 0.717) is 11.1 Å². The maximum absolute atomic E-state index is 9.40. The number of piperidine rings is 1. The van der Waals surface area contributed by atoms with Crippen LogP contribution >= 0.6 is 11.6 Å². The predicted molar refractivity (Wildman–Crippen MR) is 71.4 cm³/mol. The lowest BCUT2D eigenvalue weighted by Gasteiger charge is -2.38. The summed E-state index contributed by atoms with van der Waals surface area (Å²) >= 11 is 5.93. The molecule has 1 aromatic rings. The van der Waals surface area contributed by atoms with E-state index in [-0.39, 0.29) is 5.75 Å². The number of nitrogens with zero attached hydrogens (tertiary/aromatic N) is 1. The zero-order valence-corrected chi connectivity index (χ0v) is 11.2. The molecule has 0 aliphatic carbocycles. The first kappa shape index (κ1) is 12.7. The van der Waals surface area contributed by atoms with Crippen LogP contribution in [0.2, 0.25) is 5.02 Å². The van der Waals surface area contributed by atoms with E-state index in [0.717, 1.165) is 19.0 Å². The van der Waals surface area contributed by atoms with Gasteiger partial charge in [0.15, 0.2) is 0 Å². The third-order valence-corrected chi connectivity index (χ3v) is 4.20. The van der Waals surface area contributed by atoms with Crippen LogP contribution in [-0.4, -0.2) is 22.6 Å². The molecule has 0 spiro atoms. The Morgan fingerprint density at radius 2 is 2.18 bits per heavy atom. The van der Waals surface area contributed by atoms with Crippen molar-refractivity contribution in [2.24, 2.45) is 5.92 Å². The lowest BCUT2D eigenvalue weighted by atomic mass is 9.92. The molecule has 2 unspecified atom stereocenters. The maximum atomic E-state index is 9.40. The number of phenols is 1. The van der Waals surface area contributed by atoms with Gasteiger partial charge in [0.05, 0.1) is 5.02 Å². The average molecular weight is 254 g/mol. The summed E-state index contributed by atoms with van der Waals surface area (Å²) in [6.07, 6.45) is 2.60. The first-order chi connectivity index (χ1) is 8.08. The number of likely N-dealkylation sites (tertiary alicyclic amines) is 1. The zero-order chi connectivity index (χ0) is 12.4. The highest BCUT2D eigenvalue weighted by molar-refractivity contribution is 6.32. The summed E-state index contributed by atoms with van der Waals surface area (Å²) in [4.78, 5) is 2.50. The molecule has 17 heavy (non-hydrogen) atoms. The number of aromatic hydroxyl groups is 1. The molecular formula is C14H20ClNO. The summed E-state index contributed by atoms with van der Waals surface area (Å²) in [5.41, 5.74) is 1.17. The molecule has 0 saturated carbocycles. The molecule has 1 aliphatic rings. The van der Waals surface area contributed by atoms with Gasteiger partial charge in [0.2, 0.25) is 0 Å². The van der Waals surface area contributed by atoms with Crippen LogP contribution in [0.5, 0.6) is 5.75 Å². The van der Waals surface area contributed by atoms with Gasteiger partial charge in [-0.1, -0.05) is 24.6 Å². The first-order valence-electron chi connectivity index (χ1n) is 6.29. The fourth-order valence-electron chi connectivity index (χ4n) is 2.53. The van der Waals surface area contributed by atoms with Gasteiger partial charge in [0, 0.05) is 12.6 Å². The summed E-state index contributed by atoms with van der Waals surface area (Å²) < 4.78 is 0. The Bertz CT molecular complexity index is 394. The van der Waals surface area contributed by atoms with Gasteiger partial charge in [-0.05, 0) is 49.9 Å². The quantitative estimate of drug-likeness (QED) is 0.870. The molecule has 2 nitrogen and oxygen atoms in total. The minimum absolute atomic E-state index is 0.162. The van der Waals surface area contributed by atoms with Crippen molar-refractivity contribution in [1.29, 1.82) is 0 Å². The Kier molecular flexibility index (Phi) is 3.95. The van der Waals surface area contributed by atoms with Crippen LogP contribution in [0.1, 0.15) is 32.3 Å². The molecule has 94 valence electrons. The summed E-state index contributed by atoms with van der Waals surface area (Å²) in [5.74, 6) is 0.923. The van der Waals surface area contributed by atoms with Crippen molar-refractivity contribution in [3.05, 3.63) is 28.8 Å². The average Bonchev–Trinajstić information content (AvgIpc) is 2.30. The Morgan fingerprint density at radius 3 is 2.88 bits per heavy atom. The van der Waals surface area contributed by atoms with E-state index in [4.69, 9.17) is 11.6 Å². The van der Waals surface area contributed by atoms with Crippen molar-refractivity contribution >= 4 is 11.6 Å². The van der Waals surface area contributed by atoms with Gasteiger partial charge >= 0.3 is 0 Å². The van der Waals surface area contributed by atoms with E-state index in [9.17, 15) is 5.11 Å². The molecule has 1 aliphatic heterocycles. The molecule has 0 bridgehead atoms. The topological polar surface area (TPSA) is 23.5 Å². The molecular weight excluding hydrogens is 234 g/mol. The second-order valence-corrected chi connectivity index (χ2v) is 5.52. The normalized spacial score (nSPS) is 26.1. The van der Waals surface area contributed by atoms with Gasteiger partial charge in [-0.3, -0.25) is 4.90 Å². The molecule has 2 rings (SSSR count). The highest BCUT2D eigenvalue weighted by atomic mass is 35.5. The molecule has 3 heteroatoms. The molecule has 0 amide bonds. The van der Waals surface area contributed by atoms with E-state index in [1.165, 1.54) is 18.4 Å². The minimum Gasteiger partial charge on any atom is -0.506 e. The molecule has 1 N–H and O–H groups in total. The Morgan fingerprint density at radius 1 is 1.41 bits per heavy atom. The van der Waals surface area contributed by atoms with Crippen LogP contribution in [0.3, 0.4) is 0 Å². The molecule has 0 aromatic heterocycles. The zero-order valence-electron chi connectivity index (χ0n) is 10.5. The number of rotatable bonds is 2. The fraction of sp³-hybridized carbons (Fsp3) is 0.571. The molecule has 1 fully saturated rings. The van der Waals surface area contributed by atoms with Crippen molar-refractivity contribution in [3.63, 3.8) is 0 Å². The van der Waals surface area contributed by atoms with Crippen LogP contribution in [-0.2, 0) is 6.54 Å². The number of hydrogen-bond donors (Lipinski definition) is 1. The van der Waals surface area contributed by atoms with Gasteiger partial charge in [-0.2, -0.15) is 0 Å². The second kappa shape index (κ2) is 5.28. The lowest BCUT2D eigenvalue weighted by molar-refractivity contribution is 0.106. The van der Waals surface area contributed by atoms with Crippen molar-refractivity contribution in [2.45, 2.75) is 39.3 Å². The van der Waals surface area contributed by atoms with Crippen molar-refractivity contribution in [1.82, 2.24) is 4.90 Å². The van der Waals surface area contributed by atoms with Crippen LogP contribution in [0.25, 0.3) is 0 Å². The third-order valence-electron chi connectivity index (χ3n) is 3.90. The molecule has 1 heterocycles. The second-order valence-electron chi connectivity index (χ2n) is 5.12. The van der Waals surface area contributed by atoms with Crippen LogP contribution in [0.15, 0.2) is 18.2 Å². The standard InChI is InChI=1S/C14H20ClNO/c1-10-4-3-7-16(11(10)2)9-12-5-6-14(17)13(15)8-12/h5-6,8,10-11,17H,3-4,7,9H2,1-2H3. The highest BCUT2D eigenvalue weighted by Crippen LogP contribution is 2.27. The summed E-state index contributed by atoms with van der Waals surface area (Å²) in [6.45, 7) is 6.70. The molecule has 0 radical (unpaired) electrons. The minimum atomic E-state index is 0.162. The lowest BCUT2D eigenvalue weighted by Crippen LogP contribution is -2.41. The SMILES string of the molecule is CC1CCCN(Cc2ccc(O)c(Cl)c2)C1C. The highest BCUT2D eigenvalue weighted by Gasteiger charge is 2.24. The van der Waals surface area contributed by atoms with E-state index < -0.39 is 0 Å². The van der Waals surface area contributed by atoms with Gasteiger partial charge in [-0.25, -0.2) is 0 Å². The van der Waals surface area contributed by atoms with Gasteiger partial charge < -0.3 is 5.11 Å². The Labute approximate surface area is 108 Å². The summed E-state index contributed by atoms with van der Waals surface area (Å²) in [5, 5.41) is 9.84. The van der Waals surface area contributed by atoms with Gasteiger partial charge in [-0.15, -0.1) is 0 Å². The van der Waals surface area contributed by atoms with E-state index in [2.05, 4.69) is 18.7 Å². The largest absolute Gasteiger partial charge is 0.506 e. The van der Waals surface area contributed by atoms with E-state index in [1.54, 1.807) is 6.07 Å².